The molecule has 1 aromatic heterocycles. The van der Waals surface area contributed by atoms with Crippen LogP contribution in [0, 0.1) is 11.7 Å². The Morgan fingerprint density at radius 2 is 1.88 bits per heavy atom. The molecule has 138 valence electrons. The number of rotatable bonds is 4. The van der Waals surface area contributed by atoms with E-state index in [1.165, 1.54) is 23.9 Å². The van der Waals surface area contributed by atoms with Crippen molar-refractivity contribution in [1.29, 1.82) is 0 Å². The number of piperidine rings is 1. The number of halogens is 1. The van der Waals surface area contributed by atoms with Crippen molar-refractivity contribution in [2.75, 3.05) is 30.3 Å². The molecule has 2 aliphatic rings. The molecule has 0 radical (unpaired) electrons. The average Bonchev–Trinajstić information content (AvgIpc) is 3.23. The monoisotopic (exact) mass is 375 g/mol. The lowest BCUT2D eigenvalue weighted by molar-refractivity contribution is -0.129. The van der Waals surface area contributed by atoms with Gasteiger partial charge in [-0.1, -0.05) is 18.7 Å². The summed E-state index contributed by atoms with van der Waals surface area (Å²) < 4.78 is 15.2. The minimum atomic E-state index is -0.253. The zero-order chi connectivity index (χ0) is 18.1. The molecule has 0 unspecified atom stereocenters. The Hall–Kier alpha value is -2.09. The van der Waals surface area contributed by atoms with Gasteiger partial charge >= 0.3 is 0 Å². The molecule has 3 heterocycles. The molecule has 0 N–H and O–H groups in total. The lowest BCUT2D eigenvalue weighted by Gasteiger charge is -2.30. The van der Waals surface area contributed by atoms with Gasteiger partial charge in [0.25, 0.3) is 0 Å². The molecular formula is C18H22FN5OS. The summed E-state index contributed by atoms with van der Waals surface area (Å²) in [5, 5.41) is 9.29. The van der Waals surface area contributed by atoms with Gasteiger partial charge in [0.15, 0.2) is 5.16 Å². The summed E-state index contributed by atoms with van der Waals surface area (Å²) in [4.78, 5) is 16.4. The molecule has 0 spiro atoms. The zero-order valence-corrected chi connectivity index (χ0v) is 15.6. The molecular weight excluding hydrogens is 353 g/mol. The minimum absolute atomic E-state index is 0.174. The van der Waals surface area contributed by atoms with E-state index in [0.717, 1.165) is 55.8 Å². The smallest absolute Gasteiger partial charge is 0.233 e. The number of likely N-dealkylation sites (tertiary alicyclic amines) is 1. The van der Waals surface area contributed by atoms with Crippen LogP contribution in [0.2, 0.25) is 0 Å². The minimum Gasteiger partial charge on any atom is -0.342 e. The number of nitrogens with zero attached hydrogens (tertiary/aromatic N) is 5. The van der Waals surface area contributed by atoms with Crippen LogP contribution in [0.3, 0.4) is 0 Å². The molecule has 1 fully saturated rings. The number of amides is 1. The second-order valence-corrected chi connectivity index (χ2v) is 7.86. The molecule has 26 heavy (non-hydrogen) atoms. The molecule has 2 aliphatic heterocycles. The highest BCUT2D eigenvalue weighted by Crippen LogP contribution is 2.32. The van der Waals surface area contributed by atoms with Crippen LogP contribution in [0.15, 0.2) is 29.4 Å². The number of hydrogen-bond donors (Lipinski definition) is 0. The molecule has 0 atom stereocenters. The Labute approximate surface area is 156 Å². The van der Waals surface area contributed by atoms with E-state index in [-0.39, 0.29) is 11.7 Å². The number of hydrogen-bond acceptors (Lipinski definition) is 5. The van der Waals surface area contributed by atoms with Crippen LogP contribution >= 0.6 is 11.8 Å². The van der Waals surface area contributed by atoms with Crippen molar-refractivity contribution in [3.8, 4) is 0 Å². The normalized spacial score (nSPS) is 17.6. The van der Waals surface area contributed by atoms with Gasteiger partial charge in [0.2, 0.25) is 11.9 Å². The van der Waals surface area contributed by atoms with Crippen molar-refractivity contribution in [3.63, 3.8) is 0 Å². The Morgan fingerprint density at radius 3 is 2.62 bits per heavy atom. The van der Waals surface area contributed by atoms with Crippen LogP contribution in [0.1, 0.15) is 19.8 Å². The van der Waals surface area contributed by atoms with Crippen molar-refractivity contribution in [1.82, 2.24) is 19.7 Å². The van der Waals surface area contributed by atoms with Gasteiger partial charge in [0.1, 0.15) is 5.82 Å². The molecule has 8 heteroatoms. The third kappa shape index (κ3) is 3.42. The number of carbonyl (C=O) groups excluding carboxylic acids is 1. The Balaban J connectivity index is 1.40. The molecule has 0 saturated carbocycles. The van der Waals surface area contributed by atoms with E-state index in [2.05, 4.69) is 17.1 Å². The van der Waals surface area contributed by atoms with E-state index >= 15 is 0 Å². The second kappa shape index (κ2) is 7.26. The first-order valence-corrected chi connectivity index (χ1v) is 9.97. The maximum absolute atomic E-state index is 13.1. The van der Waals surface area contributed by atoms with Gasteiger partial charge < -0.3 is 9.80 Å². The summed E-state index contributed by atoms with van der Waals surface area (Å²) in [6.07, 6.45) is 2.17. The van der Waals surface area contributed by atoms with E-state index in [1.54, 1.807) is 12.1 Å². The van der Waals surface area contributed by atoms with Crippen LogP contribution in [-0.4, -0.2) is 51.0 Å². The first-order valence-electron chi connectivity index (χ1n) is 8.98. The van der Waals surface area contributed by atoms with Gasteiger partial charge in [0.05, 0.1) is 5.75 Å². The van der Waals surface area contributed by atoms with E-state index in [0.29, 0.717) is 11.7 Å². The summed E-state index contributed by atoms with van der Waals surface area (Å²) in [7, 11) is 0. The lowest BCUT2D eigenvalue weighted by atomic mass is 9.99. The van der Waals surface area contributed by atoms with Gasteiger partial charge in [-0.05, 0) is 43.0 Å². The lowest BCUT2D eigenvalue weighted by Crippen LogP contribution is -2.38. The molecule has 2 aromatic rings. The molecule has 0 bridgehead atoms. The number of aromatic nitrogens is 3. The highest BCUT2D eigenvalue weighted by atomic mass is 32.2. The Kier molecular flexibility index (Phi) is 4.84. The summed E-state index contributed by atoms with van der Waals surface area (Å²) >= 11 is 1.45. The first kappa shape index (κ1) is 17.3. The summed E-state index contributed by atoms with van der Waals surface area (Å²) in [5.74, 6) is 1.77. The van der Waals surface area contributed by atoms with Crippen molar-refractivity contribution in [2.24, 2.45) is 5.92 Å². The topological polar surface area (TPSA) is 54.3 Å². The van der Waals surface area contributed by atoms with Crippen molar-refractivity contribution in [2.45, 2.75) is 31.5 Å². The predicted octanol–water partition coefficient (Wildman–Crippen LogP) is 2.92. The Bertz CT molecular complexity index is 785. The van der Waals surface area contributed by atoms with Crippen molar-refractivity contribution < 1.29 is 9.18 Å². The van der Waals surface area contributed by atoms with Gasteiger partial charge in [-0.25, -0.2) is 4.39 Å². The number of anilines is 2. The van der Waals surface area contributed by atoms with E-state index in [9.17, 15) is 9.18 Å². The molecule has 1 amide bonds. The predicted molar refractivity (Wildman–Crippen MR) is 99.1 cm³/mol. The SMILES string of the molecule is CC1CCN(C(=O)CSc2nnc3n2CCN3c2ccc(F)cc2)CC1. The van der Waals surface area contributed by atoms with Crippen LogP contribution in [0.25, 0.3) is 0 Å². The molecule has 6 nitrogen and oxygen atoms in total. The average molecular weight is 375 g/mol. The molecule has 4 rings (SSSR count). The highest BCUT2D eigenvalue weighted by Gasteiger charge is 2.27. The van der Waals surface area contributed by atoms with Crippen LogP contribution in [-0.2, 0) is 11.3 Å². The third-order valence-corrected chi connectivity index (χ3v) is 6.04. The molecule has 1 aromatic carbocycles. The number of benzene rings is 1. The quantitative estimate of drug-likeness (QED) is 0.769. The standard InChI is InChI=1S/C18H22FN5OS/c1-13-6-8-22(9-7-13)16(25)12-26-18-21-20-17-23(10-11-24(17)18)15-4-2-14(19)3-5-15/h2-5,13H,6-12H2,1H3. The summed E-state index contributed by atoms with van der Waals surface area (Å²) in [6, 6.07) is 6.38. The van der Waals surface area contributed by atoms with E-state index in [1.807, 2.05) is 14.4 Å². The number of thioether (sulfide) groups is 1. The van der Waals surface area contributed by atoms with E-state index < -0.39 is 0 Å². The van der Waals surface area contributed by atoms with Crippen LogP contribution in [0.4, 0.5) is 16.0 Å². The maximum Gasteiger partial charge on any atom is 0.233 e. The van der Waals surface area contributed by atoms with Gasteiger partial charge in [-0.3, -0.25) is 9.36 Å². The molecule has 1 saturated heterocycles. The fraction of sp³-hybridized carbons (Fsp3) is 0.500. The third-order valence-electron chi connectivity index (χ3n) is 5.09. The van der Waals surface area contributed by atoms with Gasteiger partial charge in [-0.15, -0.1) is 10.2 Å². The van der Waals surface area contributed by atoms with Crippen LogP contribution in [0.5, 0.6) is 0 Å². The first-order chi connectivity index (χ1) is 12.6. The zero-order valence-electron chi connectivity index (χ0n) is 14.8. The number of carbonyl (C=O) groups is 1. The fourth-order valence-corrected chi connectivity index (χ4v) is 4.29. The highest BCUT2D eigenvalue weighted by molar-refractivity contribution is 7.99. The summed E-state index contributed by atoms with van der Waals surface area (Å²) in [6.45, 7) is 5.48. The fourth-order valence-electron chi connectivity index (χ4n) is 3.42. The van der Waals surface area contributed by atoms with Gasteiger partial charge in [-0.2, -0.15) is 0 Å². The van der Waals surface area contributed by atoms with Crippen LogP contribution < -0.4 is 4.90 Å². The largest absolute Gasteiger partial charge is 0.342 e. The van der Waals surface area contributed by atoms with Gasteiger partial charge in [0, 0.05) is 31.9 Å². The second-order valence-electron chi connectivity index (χ2n) is 6.91. The number of fused-ring (bicyclic) bond motifs is 1. The Morgan fingerprint density at radius 1 is 1.15 bits per heavy atom. The summed E-state index contributed by atoms with van der Waals surface area (Å²) in [5.41, 5.74) is 0.896. The van der Waals surface area contributed by atoms with Crippen molar-refractivity contribution >= 4 is 29.3 Å². The maximum atomic E-state index is 13.1. The van der Waals surface area contributed by atoms with Crippen molar-refractivity contribution in [3.05, 3.63) is 30.1 Å². The molecule has 0 aliphatic carbocycles. The van der Waals surface area contributed by atoms with E-state index in [4.69, 9.17) is 0 Å².